The molecule has 0 bridgehead atoms. The van der Waals surface area contributed by atoms with Gasteiger partial charge in [0.15, 0.2) is 11.0 Å². The van der Waals surface area contributed by atoms with Crippen LogP contribution >= 0.6 is 58.2 Å². The van der Waals surface area contributed by atoms with E-state index in [1.165, 1.54) is 11.8 Å². The SMILES string of the molecule is Cn1c(SCC(=O)Nc2cc(Cl)ccc2Cl)nnc1-c1ccc(Cl)cc1Cl. The van der Waals surface area contributed by atoms with Crippen molar-refractivity contribution in [2.45, 2.75) is 5.16 Å². The summed E-state index contributed by atoms with van der Waals surface area (Å²) in [4.78, 5) is 12.2. The molecule has 0 aliphatic heterocycles. The highest BCUT2D eigenvalue weighted by Gasteiger charge is 2.16. The highest BCUT2D eigenvalue weighted by atomic mass is 35.5. The Labute approximate surface area is 180 Å². The van der Waals surface area contributed by atoms with Crippen LogP contribution in [0.5, 0.6) is 0 Å². The summed E-state index contributed by atoms with van der Waals surface area (Å²) in [7, 11) is 1.80. The third-order valence-electron chi connectivity index (χ3n) is 3.54. The molecule has 1 N–H and O–H groups in total. The minimum absolute atomic E-state index is 0.128. The van der Waals surface area contributed by atoms with Gasteiger partial charge in [0.1, 0.15) is 0 Å². The van der Waals surface area contributed by atoms with E-state index < -0.39 is 0 Å². The van der Waals surface area contributed by atoms with Crippen molar-refractivity contribution in [1.82, 2.24) is 14.8 Å². The highest BCUT2D eigenvalue weighted by molar-refractivity contribution is 7.99. The third kappa shape index (κ3) is 4.89. The van der Waals surface area contributed by atoms with E-state index in [0.29, 0.717) is 42.3 Å². The van der Waals surface area contributed by atoms with Crippen LogP contribution in [0, 0.1) is 0 Å². The summed E-state index contributed by atoms with van der Waals surface area (Å²) in [6.07, 6.45) is 0. The van der Waals surface area contributed by atoms with Crippen LogP contribution in [0.2, 0.25) is 20.1 Å². The normalized spacial score (nSPS) is 10.9. The average molecular weight is 462 g/mol. The number of carbonyl (C=O) groups excluding carboxylic acids is 1. The predicted molar refractivity (Wildman–Crippen MR) is 112 cm³/mol. The second-order valence-electron chi connectivity index (χ2n) is 5.45. The van der Waals surface area contributed by atoms with Crippen molar-refractivity contribution in [2.75, 3.05) is 11.1 Å². The Hall–Kier alpha value is -1.44. The second-order valence-corrected chi connectivity index (χ2v) is 8.08. The van der Waals surface area contributed by atoms with E-state index in [0.717, 1.165) is 0 Å². The largest absolute Gasteiger partial charge is 0.324 e. The van der Waals surface area contributed by atoms with E-state index in [1.54, 1.807) is 48.0 Å². The van der Waals surface area contributed by atoms with Crippen LogP contribution in [-0.4, -0.2) is 26.4 Å². The number of thioether (sulfide) groups is 1. The lowest BCUT2D eigenvalue weighted by Crippen LogP contribution is -2.14. The van der Waals surface area contributed by atoms with Crippen molar-refractivity contribution < 1.29 is 4.79 Å². The van der Waals surface area contributed by atoms with Crippen molar-refractivity contribution in [3.63, 3.8) is 0 Å². The van der Waals surface area contributed by atoms with Crippen molar-refractivity contribution in [1.29, 1.82) is 0 Å². The van der Waals surface area contributed by atoms with Gasteiger partial charge in [-0.25, -0.2) is 0 Å². The van der Waals surface area contributed by atoms with Gasteiger partial charge in [-0.3, -0.25) is 4.79 Å². The fourth-order valence-corrected chi connectivity index (χ4v) is 3.80. The number of amides is 1. The number of rotatable bonds is 5. The molecular weight excluding hydrogens is 450 g/mol. The van der Waals surface area contributed by atoms with Crippen LogP contribution in [0.4, 0.5) is 5.69 Å². The molecule has 5 nitrogen and oxygen atoms in total. The van der Waals surface area contributed by atoms with Gasteiger partial charge in [-0.1, -0.05) is 58.2 Å². The van der Waals surface area contributed by atoms with Crippen LogP contribution in [0.15, 0.2) is 41.6 Å². The Kier molecular flexibility index (Phi) is 6.55. The molecule has 0 radical (unpaired) electrons. The molecule has 1 heterocycles. The Morgan fingerprint density at radius 1 is 1.04 bits per heavy atom. The van der Waals surface area contributed by atoms with E-state index in [2.05, 4.69) is 15.5 Å². The zero-order valence-electron chi connectivity index (χ0n) is 13.8. The summed E-state index contributed by atoms with van der Waals surface area (Å²) in [5, 5.41) is 13.5. The van der Waals surface area contributed by atoms with Gasteiger partial charge in [-0.15, -0.1) is 10.2 Å². The second kappa shape index (κ2) is 8.71. The van der Waals surface area contributed by atoms with Gasteiger partial charge in [0.2, 0.25) is 5.91 Å². The van der Waals surface area contributed by atoms with Gasteiger partial charge in [0, 0.05) is 22.7 Å². The quantitative estimate of drug-likeness (QED) is 0.485. The van der Waals surface area contributed by atoms with Crippen molar-refractivity contribution in [3.05, 3.63) is 56.5 Å². The maximum atomic E-state index is 12.2. The molecule has 140 valence electrons. The van der Waals surface area contributed by atoms with Crippen LogP contribution in [0.3, 0.4) is 0 Å². The van der Waals surface area contributed by atoms with E-state index in [4.69, 9.17) is 46.4 Å². The summed E-state index contributed by atoms with van der Waals surface area (Å²) in [6.45, 7) is 0. The average Bonchev–Trinajstić information content (AvgIpc) is 2.97. The lowest BCUT2D eigenvalue weighted by molar-refractivity contribution is -0.113. The minimum Gasteiger partial charge on any atom is -0.324 e. The summed E-state index contributed by atoms with van der Waals surface area (Å²) >= 11 is 25.4. The van der Waals surface area contributed by atoms with Crippen LogP contribution in [-0.2, 0) is 11.8 Å². The molecular formula is C17H12Cl4N4OS. The maximum Gasteiger partial charge on any atom is 0.234 e. The molecule has 0 saturated carbocycles. The lowest BCUT2D eigenvalue weighted by atomic mass is 10.2. The van der Waals surface area contributed by atoms with E-state index >= 15 is 0 Å². The molecule has 1 amide bonds. The van der Waals surface area contributed by atoms with Gasteiger partial charge >= 0.3 is 0 Å². The van der Waals surface area contributed by atoms with Gasteiger partial charge in [-0.2, -0.15) is 0 Å². The number of carbonyl (C=O) groups is 1. The molecule has 27 heavy (non-hydrogen) atoms. The first-order valence-electron chi connectivity index (χ1n) is 7.57. The number of benzene rings is 2. The summed E-state index contributed by atoms with van der Waals surface area (Å²) in [5.41, 5.74) is 1.17. The number of anilines is 1. The molecule has 2 aromatic carbocycles. The predicted octanol–water partition coefficient (Wildman–Crippen LogP) is 5.83. The molecule has 0 spiro atoms. The van der Waals surface area contributed by atoms with Crippen LogP contribution < -0.4 is 5.32 Å². The molecule has 0 aliphatic carbocycles. The molecule has 10 heteroatoms. The number of nitrogens with one attached hydrogen (secondary N) is 1. The molecule has 1 aromatic heterocycles. The smallest absolute Gasteiger partial charge is 0.234 e. The van der Waals surface area contributed by atoms with Crippen LogP contribution in [0.1, 0.15) is 0 Å². The van der Waals surface area contributed by atoms with E-state index in [-0.39, 0.29) is 11.7 Å². The topological polar surface area (TPSA) is 59.8 Å². The number of hydrogen-bond donors (Lipinski definition) is 1. The van der Waals surface area contributed by atoms with Gasteiger partial charge in [0.05, 0.1) is 21.5 Å². The first kappa shape index (κ1) is 20.3. The monoisotopic (exact) mass is 460 g/mol. The minimum atomic E-state index is -0.238. The number of aromatic nitrogens is 3. The van der Waals surface area contributed by atoms with Gasteiger partial charge in [0.25, 0.3) is 0 Å². The van der Waals surface area contributed by atoms with Gasteiger partial charge in [-0.05, 0) is 36.4 Å². The first-order chi connectivity index (χ1) is 12.8. The summed E-state index contributed by atoms with van der Waals surface area (Å²) < 4.78 is 1.76. The number of halogens is 4. The molecule has 0 saturated heterocycles. The van der Waals surface area contributed by atoms with Crippen molar-refractivity contribution in [3.8, 4) is 11.4 Å². The zero-order valence-corrected chi connectivity index (χ0v) is 17.7. The molecule has 0 fully saturated rings. The molecule has 0 unspecified atom stereocenters. The summed E-state index contributed by atoms with van der Waals surface area (Å²) in [5.74, 6) is 0.471. The maximum absolute atomic E-state index is 12.2. The number of nitrogens with zero attached hydrogens (tertiary/aromatic N) is 3. The first-order valence-corrected chi connectivity index (χ1v) is 10.1. The number of hydrogen-bond acceptors (Lipinski definition) is 4. The fraction of sp³-hybridized carbons (Fsp3) is 0.118. The Bertz CT molecular complexity index is 1010. The highest BCUT2D eigenvalue weighted by Crippen LogP contribution is 2.31. The molecule has 0 atom stereocenters. The lowest BCUT2D eigenvalue weighted by Gasteiger charge is -2.08. The Morgan fingerprint density at radius 2 is 1.74 bits per heavy atom. The zero-order chi connectivity index (χ0) is 19.6. The summed E-state index contributed by atoms with van der Waals surface area (Å²) in [6, 6.07) is 10.0. The van der Waals surface area contributed by atoms with Crippen LogP contribution in [0.25, 0.3) is 11.4 Å². The third-order valence-corrected chi connectivity index (χ3v) is 5.67. The molecule has 3 aromatic rings. The van der Waals surface area contributed by atoms with Crippen molar-refractivity contribution in [2.24, 2.45) is 7.05 Å². The van der Waals surface area contributed by atoms with Gasteiger partial charge < -0.3 is 9.88 Å². The molecule has 3 rings (SSSR count). The molecule has 0 aliphatic rings. The Balaban J connectivity index is 1.69. The standard InChI is InChI=1S/C17H12Cl4N4OS/c1-25-16(11-4-2-9(18)6-13(11)21)23-24-17(25)27-8-15(26)22-14-7-10(19)3-5-12(14)20/h2-7H,8H2,1H3,(H,22,26). The Morgan fingerprint density at radius 3 is 2.48 bits per heavy atom. The fourth-order valence-electron chi connectivity index (χ4n) is 2.26. The van der Waals surface area contributed by atoms with Crippen molar-refractivity contribution >= 4 is 69.8 Å². The van der Waals surface area contributed by atoms with E-state index in [9.17, 15) is 4.79 Å². The van der Waals surface area contributed by atoms with E-state index in [1.807, 2.05) is 0 Å².